The molecule has 0 aliphatic carbocycles. The highest BCUT2D eigenvalue weighted by Gasteiger charge is 2.23. The molecule has 0 spiro atoms. The molecule has 3 heterocycles. The fourth-order valence-corrected chi connectivity index (χ4v) is 4.92. The highest BCUT2D eigenvalue weighted by molar-refractivity contribution is 7.11. The Morgan fingerprint density at radius 3 is 2.86 bits per heavy atom. The van der Waals surface area contributed by atoms with Crippen LogP contribution in [0, 0.1) is 5.92 Å². The molecule has 0 amide bonds. The van der Waals surface area contributed by atoms with Crippen LogP contribution in [0.4, 0.5) is 0 Å². The number of nitrogens with zero attached hydrogens (tertiary/aromatic N) is 3. The Bertz CT molecular complexity index is 620. The number of thiazole rings is 1. The second kappa shape index (κ2) is 11.9. The molecular weight excluding hydrogens is 384 g/mol. The molecule has 2 saturated heterocycles. The van der Waals surface area contributed by atoms with Gasteiger partial charge in [-0.1, -0.05) is 13.8 Å². The second-order valence-electron chi connectivity index (χ2n) is 8.50. The molecule has 2 aliphatic heterocycles. The first-order chi connectivity index (χ1) is 14.1. The average molecular weight is 423 g/mol. The maximum absolute atomic E-state index is 6.16. The van der Waals surface area contributed by atoms with Crippen LogP contribution >= 0.6 is 11.3 Å². The number of aromatic nitrogens is 1. The van der Waals surface area contributed by atoms with Gasteiger partial charge in [-0.2, -0.15) is 0 Å². The van der Waals surface area contributed by atoms with Crippen LogP contribution in [0.2, 0.25) is 0 Å². The summed E-state index contributed by atoms with van der Waals surface area (Å²) in [5, 5.41) is 4.68. The van der Waals surface area contributed by atoms with Crippen LogP contribution in [0.25, 0.3) is 0 Å². The molecule has 0 bridgehead atoms. The third-order valence-electron chi connectivity index (χ3n) is 5.44. The van der Waals surface area contributed by atoms with E-state index in [9.17, 15) is 0 Å². The van der Waals surface area contributed by atoms with Crippen molar-refractivity contribution in [3.05, 3.63) is 16.1 Å². The third-order valence-corrected chi connectivity index (χ3v) is 6.44. The van der Waals surface area contributed by atoms with Gasteiger partial charge in [-0.25, -0.2) is 9.98 Å². The summed E-state index contributed by atoms with van der Waals surface area (Å²) in [5.74, 6) is 1.66. The summed E-state index contributed by atoms with van der Waals surface area (Å²) in [7, 11) is 0. The van der Waals surface area contributed by atoms with Crippen LogP contribution in [0.3, 0.4) is 0 Å². The van der Waals surface area contributed by atoms with Crippen molar-refractivity contribution in [2.24, 2.45) is 10.9 Å². The van der Waals surface area contributed by atoms with E-state index in [4.69, 9.17) is 14.5 Å². The zero-order chi connectivity index (χ0) is 20.5. The van der Waals surface area contributed by atoms with Gasteiger partial charge >= 0.3 is 0 Å². The van der Waals surface area contributed by atoms with Crippen molar-refractivity contribution in [3.8, 4) is 0 Å². The Labute approximate surface area is 180 Å². The van der Waals surface area contributed by atoms with Crippen LogP contribution in [0.15, 0.2) is 11.2 Å². The highest BCUT2D eigenvalue weighted by atomic mass is 32.1. The minimum atomic E-state index is 0.306. The number of rotatable bonds is 8. The van der Waals surface area contributed by atoms with E-state index in [1.165, 1.54) is 22.7 Å². The smallest absolute Gasteiger partial charge is 0.194 e. The van der Waals surface area contributed by atoms with Crippen molar-refractivity contribution in [2.45, 2.75) is 78.0 Å². The maximum atomic E-state index is 6.16. The molecule has 0 saturated carbocycles. The molecule has 1 unspecified atom stereocenters. The summed E-state index contributed by atoms with van der Waals surface area (Å²) < 4.78 is 11.9. The summed E-state index contributed by atoms with van der Waals surface area (Å²) >= 11 is 1.79. The Hall–Kier alpha value is -1.18. The predicted molar refractivity (Wildman–Crippen MR) is 120 cm³/mol. The molecule has 1 aromatic heterocycles. The lowest BCUT2D eigenvalue weighted by atomic mass is 10.1. The summed E-state index contributed by atoms with van der Waals surface area (Å²) in [5.41, 5.74) is 0. The van der Waals surface area contributed by atoms with Crippen LogP contribution < -0.4 is 5.32 Å². The zero-order valence-electron chi connectivity index (χ0n) is 18.4. The third kappa shape index (κ3) is 7.54. The molecule has 0 radical (unpaired) electrons. The molecule has 1 aromatic rings. The van der Waals surface area contributed by atoms with Crippen LogP contribution in [-0.2, 0) is 22.4 Å². The largest absolute Gasteiger partial charge is 0.376 e. The molecule has 1 atom stereocenters. The number of hydrogen-bond acceptors (Lipinski definition) is 5. The SMILES string of the molecule is CCNC(=NCc1cnc(CC(C)C)s1)N1CCC(OCC2CCCCO2)CC1. The lowest BCUT2D eigenvalue weighted by Crippen LogP contribution is -2.47. The van der Waals surface area contributed by atoms with Gasteiger partial charge in [0.25, 0.3) is 0 Å². The summed E-state index contributed by atoms with van der Waals surface area (Å²) in [4.78, 5) is 13.0. The fraction of sp³-hybridized carbons (Fsp3) is 0.818. The summed E-state index contributed by atoms with van der Waals surface area (Å²) in [6.07, 6.45) is 9.41. The predicted octanol–water partition coefficient (Wildman–Crippen LogP) is 3.86. The van der Waals surface area contributed by atoms with Gasteiger partial charge < -0.3 is 19.7 Å². The minimum Gasteiger partial charge on any atom is -0.376 e. The van der Waals surface area contributed by atoms with E-state index in [-0.39, 0.29) is 0 Å². The quantitative estimate of drug-likeness (QED) is 0.509. The molecular formula is C22H38N4O2S. The number of hydrogen-bond donors (Lipinski definition) is 1. The summed E-state index contributed by atoms with van der Waals surface area (Å²) in [6, 6.07) is 0. The number of likely N-dealkylation sites (tertiary alicyclic amines) is 1. The Morgan fingerprint density at radius 2 is 2.17 bits per heavy atom. The van der Waals surface area contributed by atoms with E-state index in [1.807, 2.05) is 6.20 Å². The Kier molecular flexibility index (Phi) is 9.21. The van der Waals surface area contributed by atoms with Gasteiger partial charge in [-0.15, -0.1) is 11.3 Å². The Balaban J connectivity index is 1.45. The standard InChI is InChI=1S/C22H38N4O2S/c1-4-23-22(25-15-20-14-24-21(29-20)13-17(2)3)26-10-8-18(9-11-26)28-16-19-7-5-6-12-27-19/h14,17-19H,4-13,15-16H2,1-3H3,(H,23,25). The van der Waals surface area contributed by atoms with Crippen molar-refractivity contribution >= 4 is 17.3 Å². The van der Waals surface area contributed by atoms with Crippen molar-refractivity contribution in [2.75, 3.05) is 32.8 Å². The zero-order valence-corrected chi connectivity index (χ0v) is 19.2. The van der Waals surface area contributed by atoms with Crippen molar-refractivity contribution in [3.63, 3.8) is 0 Å². The maximum Gasteiger partial charge on any atom is 0.194 e. The molecule has 29 heavy (non-hydrogen) atoms. The first-order valence-electron chi connectivity index (χ1n) is 11.3. The van der Waals surface area contributed by atoms with E-state index in [0.29, 0.717) is 24.7 Å². The van der Waals surface area contributed by atoms with Gasteiger partial charge in [-0.05, 0) is 44.9 Å². The monoisotopic (exact) mass is 422 g/mol. The Morgan fingerprint density at radius 1 is 1.34 bits per heavy atom. The van der Waals surface area contributed by atoms with E-state index >= 15 is 0 Å². The molecule has 7 heteroatoms. The first-order valence-corrected chi connectivity index (χ1v) is 12.2. The van der Waals surface area contributed by atoms with Gasteiger partial charge in [-0.3, -0.25) is 0 Å². The molecule has 0 aromatic carbocycles. The van der Waals surface area contributed by atoms with Gasteiger partial charge in [0, 0.05) is 43.7 Å². The lowest BCUT2D eigenvalue weighted by Gasteiger charge is -2.35. The van der Waals surface area contributed by atoms with Gasteiger partial charge in [0.05, 0.1) is 30.4 Å². The van der Waals surface area contributed by atoms with E-state index < -0.39 is 0 Å². The molecule has 6 nitrogen and oxygen atoms in total. The fourth-order valence-electron chi connectivity index (χ4n) is 3.86. The topological polar surface area (TPSA) is 59.0 Å². The number of aliphatic imine (C=N–C) groups is 1. The highest BCUT2D eigenvalue weighted by Crippen LogP contribution is 2.19. The number of ether oxygens (including phenoxy) is 2. The average Bonchev–Trinajstić information content (AvgIpc) is 3.17. The molecule has 2 aliphatic rings. The molecule has 2 fully saturated rings. The first kappa shape index (κ1) is 22.5. The van der Waals surface area contributed by atoms with E-state index in [0.717, 1.165) is 64.5 Å². The van der Waals surface area contributed by atoms with Crippen LogP contribution in [0.5, 0.6) is 0 Å². The van der Waals surface area contributed by atoms with Crippen molar-refractivity contribution in [1.82, 2.24) is 15.2 Å². The molecule has 1 N–H and O–H groups in total. The molecule has 164 valence electrons. The number of guanidine groups is 1. The van der Waals surface area contributed by atoms with Crippen molar-refractivity contribution < 1.29 is 9.47 Å². The van der Waals surface area contributed by atoms with Crippen LogP contribution in [0.1, 0.15) is 62.8 Å². The lowest BCUT2D eigenvalue weighted by molar-refractivity contribution is -0.0721. The normalized spacial score (nSPS) is 21.7. The molecule has 3 rings (SSSR count). The second-order valence-corrected chi connectivity index (χ2v) is 9.70. The van der Waals surface area contributed by atoms with Gasteiger partial charge in [0.15, 0.2) is 5.96 Å². The number of piperidine rings is 1. The van der Waals surface area contributed by atoms with Crippen LogP contribution in [-0.4, -0.2) is 60.9 Å². The minimum absolute atomic E-state index is 0.306. The van der Waals surface area contributed by atoms with E-state index in [2.05, 4.69) is 36.0 Å². The van der Waals surface area contributed by atoms with Crippen molar-refractivity contribution in [1.29, 1.82) is 0 Å². The van der Waals surface area contributed by atoms with Gasteiger partial charge in [0.2, 0.25) is 0 Å². The number of nitrogens with one attached hydrogen (secondary N) is 1. The summed E-state index contributed by atoms with van der Waals surface area (Å²) in [6.45, 7) is 11.8. The van der Waals surface area contributed by atoms with E-state index in [1.54, 1.807) is 11.3 Å². The van der Waals surface area contributed by atoms with Gasteiger partial charge in [0.1, 0.15) is 0 Å².